The number of benzene rings is 1. The third kappa shape index (κ3) is 3.70. The fourth-order valence-corrected chi connectivity index (χ4v) is 2.41. The van der Waals surface area contributed by atoms with Crippen LogP contribution in [0.2, 0.25) is 0 Å². The molecule has 104 valence electrons. The largest absolute Gasteiger partial charge is 0.480 e. The molecule has 1 aromatic carbocycles. The van der Waals surface area contributed by atoms with Gasteiger partial charge >= 0.3 is 5.97 Å². The molecule has 0 spiro atoms. The minimum atomic E-state index is -0.803. The van der Waals surface area contributed by atoms with Crippen LogP contribution in [0, 0.1) is 12.8 Å². The number of aryl methyl sites for hydroxylation is 1. The zero-order chi connectivity index (χ0) is 13.8. The number of hydrogen-bond acceptors (Lipinski definition) is 3. The van der Waals surface area contributed by atoms with Crippen molar-refractivity contribution in [3.05, 3.63) is 29.8 Å². The number of rotatable bonds is 7. The molecule has 4 heteroatoms. The van der Waals surface area contributed by atoms with Crippen molar-refractivity contribution >= 4 is 11.7 Å². The van der Waals surface area contributed by atoms with E-state index < -0.39 is 5.97 Å². The summed E-state index contributed by atoms with van der Waals surface area (Å²) in [7, 11) is 1.67. The van der Waals surface area contributed by atoms with Crippen molar-refractivity contribution in [2.75, 3.05) is 25.2 Å². The van der Waals surface area contributed by atoms with Crippen LogP contribution in [-0.2, 0) is 9.53 Å². The van der Waals surface area contributed by atoms with Crippen LogP contribution < -0.4 is 4.90 Å². The highest BCUT2D eigenvalue weighted by atomic mass is 16.5. The minimum absolute atomic E-state index is 0.0214. The Bertz CT molecular complexity index is 426. The molecule has 0 radical (unpaired) electrons. The first kappa shape index (κ1) is 13.9. The highest BCUT2D eigenvalue weighted by molar-refractivity contribution is 5.74. The van der Waals surface area contributed by atoms with E-state index in [2.05, 4.69) is 0 Å². The number of ether oxygens (including phenoxy) is 1. The van der Waals surface area contributed by atoms with Gasteiger partial charge in [-0.05, 0) is 37.8 Å². The monoisotopic (exact) mass is 263 g/mol. The predicted molar refractivity (Wildman–Crippen MR) is 74.5 cm³/mol. The average Bonchev–Trinajstić information content (AvgIpc) is 3.19. The molecule has 0 heterocycles. The van der Waals surface area contributed by atoms with Crippen molar-refractivity contribution in [1.82, 2.24) is 0 Å². The summed E-state index contributed by atoms with van der Waals surface area (Å²) >= 11 is 0. The molecule has 1 fully saturated rings. The van der Waals surface area contributed by atoms with Crippen molar-refractivity contribution in [2.24, 2.45) is 5.92 Å². The van der Waals surface area contributed by atoms with Gasteiger partial charge in [-0.2, -0.15) is 0 Å². The van der Waals surface area contributed by atoms with Crippen LogP contribution in [0.3, 0.4) is 0 Å². The first-order chi connectivity index (χ1) is 9.11. The molecular formula is C15H21NO3. The standard InChI is InChI=1S/C15H21NO3/c1-11-3-7-13(8-4-11)16(9-15(17)18)14(10-19-2)12-5-6-12/h3-4,7-8,12,14H,5-6,9-10H2,1-2H3,(H,17,18). The predicted octanol–water partition coefficient (Wildman–Crippen LogP) is 2.31. The van der Waals surface area contributed by atoms with E-state index in [1.165, 1.54) is 5.56 Å². The molecule has 1 aliphatic carbocycles. The Morgan fingerprint density at radius 1 is 1.42 bits per heavy atom. The highest BCUT2D eigenvalue weighted by Crippen LogP contribution is 2.37. The van der Waals surface area contributed by atoms with Crippen LogP contribution >= 0.6 is 0 Å². The van der Waals surface area contributed by atoms with Gasteiger partial charge in [0.05, 0.1) is 12.6 Å². The molecule has 1 unspecified atom stereocenters. The second-order valence-electron chi connectivity index (χ2n) is 5.22. The van der Waals surface area contributed by atoms with Gasteiger partial charge in [0, 0.05) is 12.8 Å². The molecule has 0 amide bonds. The Morgan fingerprint density at radius 2 is 2.05 bits per heavy atom. The molecule has 1 saturated carbocycles. The van der Waals surface area contributed by atoms with E-state index in [1.54, 1.807) is 7.11 Å². The smallest absolute Gasteiger partial charge is 0.323 e. The summed E-state index contributed by atoms with van der Waals surface area (Å²) in [6.45, 7) is 2.62. The van der Waals surface area contributed by atoms with E-state index in [4.69, 9.17) is 9.84 Å². The third-order valence-electron chi connectivity index (χ3n) is 3.58. The van der Waals surface area contributed by atoms with E-state index in [0.29, 0.717) is 12.5 Å². The van der Waals surface area contributed by atoms with Crippen LogP contribution in [-0.4, -0.2) is 37.4 Å². The van der Waals surface area contributed by atoms with Crippen molar-refractivity contribution in [1.29, 1.82) is 0 Å². The molecule has 1 N–H and O–H groups in total. The van der Waals surface area contributed by atoms with Gasteiger partial charge < -0.3 is 14.7 Å². The maximum Gasteiger partial charge on any atom is 0.323 e. The average molecular weight is 263 g/mol. The van der Waals surface area contributed by atoms with Crippen LogP contribution in [0.4, 0.5) is 5.69 Å². The summed E-state index contributed by atoms with van der Waals surface area (Å²) in [6, 6.07) is 8.16. The summed E-state index contributed by atoms with van der Waals surface area (Å²) in [4.78, 5) is 13.1. The second-order valence-corrected chi connectivity index (χ2v) is 5.22. The van der Waals surface area contributed by atoms with E-state index >= 15 is 0 Å². The number of hydrogen-bond donors (Lipinski definition) is 1. The lowest BCUT2D eigenvalue weighted by molar-refractivity contribution is -0.135. The van der Waals surface area contributed by atoms with Gasteiger partial charge in [0.2, 0.25) is 0 Å². The fraction of sp³-hybridized carbons (Fsp3) is 0.533. The Balaban J connectivity index is 2.22. The maximum absolute atomic E-state index is 11.1. The number of nitrogens with zero attached hydrogens (tertiary/aromatic N) is 1. The van der Waals surface area contributed by atoms with Gasteiger partial charge in [-0.25, -0.2) is 0 Å². The SMILES string of the molecule is COCC(C1CC1)N(CC(=O)O)c1ccc(C)cc1. The molecule has 19 heavy (non-hydrogen) atoms. The Hall–Kier alpha value is -1.55. The maximum atomic E-state index is 11.1. The summed E-state index contributed by atoms with van der Waals surface area (Å²) in [5, 5.41) is 9.14. The minimum Gasteiger partial charge on any atom is -0.480 e. The number of methoxy groups -OCH3 is 1. The fourth-order valence-electron chi connectivity index (χ4n) is 2.41. The first-order valence-electron chi connectivity index (χ1n) is 6.66. The number of aliphatic carboxylic acids is 1. The molecule has 1 aromatic rings. The third-order valence-corrected chi connectivity index (χ3v) is 3.58. The Kier molecular flexibility index (Phi) is 4.43. The Morgan fingerprint density at radius 3 is 2.53 bits per heavy atom. The molecule has 1 atom stereocenters. The van der Waals surface area contributed by atoms with Crippen LogP contribution in [0.25, 0.3) is 0 Å². The van der Waals surface area contributed by atoms with Crippen molar-refractivity contribution in [2.45, 2.75) is 25.8 Å². The normalized spacial score (nSPS) is 16.1. The van der Waals surface area contributed by atoms with Crippen molar-refractivity contribution in [3.8, 4) is 0 Å². The molecule has 1 aliphatic rings. The number of anilines is 1. The second kappa shape index (κ2) is 6.06. The number of carboxylic acids is 1. The molecule has 2 rings (SSSR count). The summed E-state index contributed by atoms with van der Waals surface area (Å²) < 4.78 is 5.28. The van der Waals surface area contributed by atoms with E-state index in [9.17, 15) is 4.79 Å². The molecule has 0 saturated heterocycles. The van der Waals surface area contributed by atoms with E-state index in [-0.39, 0.29) is 12.6 Å². The van der Waals surface area contributed by atoms with Crippen molar-refractivity contribution in [3.63, 3.8) is 0 Å². The molecule has 4 nitrogen and oxygen atoms in total. The van der Waals surface area contributed by atoms with Gasteiger partial charge in [0.15, 0.2) is 0 Å². The van der Waals surface area contributed by atoms with Crippen molar-refractivity contribution < 1.29 is 14.6 Å². The van der Waals surface area contributed by atoms with Crippen LogP contribution in [0.15, 0.2) is 24.3 Å². The summed E-state index contributed by atoms with van der Waals surface area (Å²) in [5.41, 5.74) is 2.13. The quantitative estimate of drug-likeness (QED) is 0.820. The topological polar surface area (TPSA) is 49.8 Å². The van der Waals surface area contributed by atoms with Gasteiger partial charge in [-0.15, -0.1) is 0 Å². The number of carboxylic acid groups (broad SMARTS) is 1. The number of carbonyl (C=O) groups is 1. The van der Waals surface area contributed by atoms with Gasteiger partial charge in [0.1, 0.15) is 6.54 Å². The lowest BCUT2D eigenvalue weighted by atomic mass is 10.1. The Labute approximate surface area is 114 Å². The van der Waals surface area contributed by atoms with E-state index in [1.807, 2.05) is 36.1 Å². The molecular weight excluding hydrogens is 242 g/mol. The van der Waals surface area contributed by atoms with Crippen LogP contribution in [0.5, 0.6) is 0 Å². The first-order valence-corrected chi connectivity index (χ1v) is 6.66. The van der Waals surface area contributed by atoms with Gasteiger partial charge in [-0.3, -0.25) is 4.79 Å². The molecule has 0 bridgehead atoms. The van der Waals surface area contributed by atoms with Gasteiger partial charge in [0.25, 0.3) is 0 Å². The zero-order valence-electron chi connectivity index (χ0n) is 11.5. The highest BCUT2D eigenvalue weighted by Gasteiger charge is 2.36. The molecule has 0 aliphatic heterocycles. The molecule has 0 aromatic heterocycles. The summed E-state index contributed by atoms with van der Waals surface area (Å²) in [6.07, 6.45) is 2.33. The van der Waals surface area contributed by atoms with Crippen LogP contribution in [0.1, 0.15) is 18.4 Å². The van der Waals surface area contributed by atoms with Gasteiger partial charge in [-0.1, -0.05) is 17.7 Å². The lowest BCUT2D eigenvalue weighted by Gasteiger charge is -2.32. The lowest BCUT2D eigenvalue weighted by Crippen LogP contribution is -2.43. The zero-order valence-corrected chi connectivity index (χ0v) is 11.5. The summed E-state index contributed by atoms with van der Waals surface area (Å²) in [5.74, 6) is -0.247. The van der Waals surface area contributed by atoms with E-state index in [0.717, 1.165) is 18.5 Å².